The van der Waals surface area contributed by atoms with Crippen molar-refractivity contribution in [1.29, 1.82) is 0 Å². The first kappa shape index (κ1) is 18.0. The standard InChI is InChI=1S/C18H18ClN3O4/c19-13-4-6-20-14(10-13)18(24)22-11-17(23)21-5-3-12-1-2-15-16(9-12)26-8-7-25-15/h1-2,4,6,9-10H,3,5,7-8,11H2,(H,21,23)(H,22,24). The number of rotatable bonds is 6. The third-order valence-corrected chi connectivity index (χ3v) is 3.94. The van der Waals surface area contributed by atoms with Crippen molar-refractivity contribution in [1.82, 2.24) is 15.6 Å². The van der Waals surface area contributed by atoms with Crippen LogP contribution in [0.3, 0.4) is 0 Å². The Balaban J connectivity index is 1.41. The maximum Gasteiger partial charge on any atom is 0.270 e. The van der Waals surface area contributed by atoms with Crippen LogP contribution < -0.4 is 20.1 Å². The highest BCUT2D eigenvalue weighted by atomic mass is 35.5. The smallest absolute Gasteiger partial charge is 0.270 e. The van der Waals surface area contributed by atoms with Gasteiger partial charge in [-0.05, 0) is 36.2 Å². The van der Waals surface area contributed by atoms with E-state index in [0.717, 1.165) is 17.1 Å². The highest BCUT2D eigenvalue weighted by Gasteiger charge is 2.12. The van der Waals surface area contributed by atoms with Gasteiger partial charge < -0.3 is 20.1 Å². The summed E-state index contributed by atoms with van der Waals surface area (Å²) in [6.45, 7) is 1.41. The first-order valence-electron chi connectivity index (χ1n) is 8.17. The first-order chi connectivity index (χ1) is 12.6. The van der Waals surface area contributed by atoms with Crippen molar-refractivity contribution in [2.45, 2.75) is 6.42 Å². The largest absolute Gasteiger partial charge is 0.486 e. The first-order valence-corrected chi connectivity index (χ1v) is 8.54. The van der Waals surface area contributed by atoms with Crippen LogP contribution >= 0.6 is 11.6 Å². The molecule has 0 saturated carbocycles. The normalized spacial score (nSPS) is 12.3. The van der Waals surface area contributed by atoms with Crippen molar-refractivity contribution in [2.75, 3.05) is 26.3 Å². The zero-order valence-electron chi connectivity index (χ0n) is 14.0. The Bertz CT molecular complexity index is 813. The topological polar surface area (TPSA) is 89.6 Å². The Labute approximate surface area is 155 Å². The van der Waals surface area contributed by atoms with E-state index in [4.69, 9.17) is 21.1 Å². The van der Waals surface area contributed by atoms with Gasteiger partial charge in [-0.15, -0.1) is 0 Å². The summed E-state index contributed by atoms with van der Waals surface area (Å²) in [4.78, 5) is 27.7. The lowest BCUT2D eigenvalue weighted by Gasteiger charge is -2.18. The van der Waals surface area contributed by atoms with E-state index in [9.17, 15) is 9.59 Å². The summed E-state index contributed by atoms with van der Waals surface area (Å²) in [5.74, 6) is 0.732. The fourth-order valence-electron chi connectivity index (χ4n) is 2.43. The van der Waals surface area contributed by atoms with Crippen molar-refractivity contribution in [3.05, 3.63) is 52.8 Å². The van der Waals surface area contributed by atoms with Gasteiger partial charge in [0, 0.05) is 17.8 Å². The molecule has 7 nitrogen and oxygen atoms in total. The molecule has 2 aromatic rings. The molecule has 0 radical (unpaired) electrons. The number of carbonyl (C=O) groups is 2. The maximum absolute atomic E-state index is 11.9. The minimum Gasteiger partial charge on any atom is -0.486 e. The van der Waals surface area contributed by atoms with E-state index < -0.39 is 5.91 Å². The summed E-state index contributed by atoms with van der Waals surface area (Å²) in [7, 11) is 0. The van der Waals surface area contributed by atoms with Crippen LogP contribution in [-0.2, 0) is 11.2 Å². The number of hydrogen-bond acceptors (Lipinski definition) is 5. The number of aromatic nitrogens is 1. The van der Waals surface area contributed by atoms with E-state index in [0.29, 0.717) is 31.2 Å². The Morgan fingerprint density at radius 2 is 1.88 bits per heavy atom. The summed E-state index contributed by atoms with van der Waals surface area (Å²) >= 11 is 5.81. The zero-order valence-corrected chi connectivity index (χ0v) is 14.7. The molecule has 0 saturated heterocycles. The van der Waals surface area contributed by atoms with Crippen molar-refractivity contribution >= 4 is 23.4 Å². The van der Waals surface area contributed by atoms with Gasteiger partial charge in [0.1, 0.15) is 18.9 Å². The number of amides is 2. The van der Waals surface area contributed by atoms with Gasteiger partial charge in [0.2, 0.25) is 5.91 Å². The van der Waals surface area contributed by atoms with Crippen LogP contribution in [-0.4, -0.2) is 43.1 Å². The van der Waals surface area contributed by atoms with Crippen molar-refractivity contribution < 1.29 is 19.1 Å². The molecule has 1 aromatic heterocycles. The SMILES string of the molecule is O=C(CNC(=O)c1cc(Cl)ccn1)NCCc1ccc2c(c1)OCCO2. The molecule has 0 bridgehead atoms. The number of nitrogens with one attached hydrogen (secondary N) is 2. The van der Waals surface area contributed by atoms with Gasteiger partial charge in [0.25, 0.3) is 5.91 Å². The van der Waals surface area contributed by atoms with E-state index in [1.165, 1.54) is 12.3 Å². The zero-order chi connectivity index (χ0) is 18.4. The summed E-state index contributed by atoms with van der Waals surface area (Å²) in [6, 6.07) is 8.73. The molecule has 1 aromatic carbocycles. The average Bonchev–Trinajstić information content (AvgIpc) is 2.66. The molecule has 136 valence electrons. The fraction of sp³-hybridized carbons (Fsp3) is 0.278. The second-order valence-corrected chi connectivity index (χ2v) is 6.06. The van der Waals surface area contributed by atoms with Crippen molar-refractivity contribution in [3.8, 4) is 11.5 Å². The predicted molar refractivity (Wildman–Crippen MR) is 95.7 cm³/mol. The molecule has 2 N–H and O–H groups in total. The molecule has 26 heavy (non-hydrogen) atoms. The third-order valence-electron chi connectivity index (χ3n) is 3.71. The van der Waals surface area contributed by atoms with Crippen LogP contribution in [0.4, 0.5) is 0 Å². The molecule has 0 atom stereocenters. The highest BCUT2D eigenvalue weighted by Crippen LogP contribution is 2.30. The molecule has 8 heteroatoms. The Morgan fingerprint density at radius 1 is 1.08 bits per heavy atom. The summed E-state index contributed by atoms with van der Waals surface area (Å²) in [5, 5.41) is 5.68. The van der Waals surface area contributed by atoms with Crippen LogP contribution in [0.2, 0.25) is 5.02 Å². The van der Waals surface area contributed by atoms with Gasteiger partial charge in [-0.1, -0.05) is 17.7 Å². The lowest BCUT2D eigenvalue weighted by Crippen LogP contribution is -2.37. The van der Waals surface area contributed by atoms with E-state index in [2.05, 4.69) is 15.6 Å². The maximum atomic E-state index is 11.9. The van der Waals surface area contributed by atoms with Crippen LogP contribution in [0, 0.1) is 0 Å². The van der Waals surface area contributed by atoms with Crippen molar-refractivity contribution in [3.63, 3.8) is 0 Å². The van der Waals surface area contributed by atoms with Gasteiger partial charge in [-0.25, -0.2) is 0 Å². The van der Waals surface area contributed by atoms with Gasteiger partial charge in [0.15, 0.2) is 11.5 Å². The minimum absolute atomic E-state index is 0.131. The van der Waals surface area contributed by atoms with Crippen LogP contribution in [0.1, 0.15) is 16.1 Å². The van der Waals surface area contributed by atoms with Crippen LogP contribution in [0.25, 0.3) is 0 Å². The lowest BCUT2D eigenvalue weighted by atomic mass is 10.1. The number of pyridine rings is 1. The third kappa shape index (κ3) is 4.86. The van der Waals surface area contributed by atoms with Crippen molar-refractivity contribution in [2.24, 2.45) is 0 Å². The van der Waals surface area contributed by atoms with Gasteiger partial charge in [0.05, 0.1) is 6.54 Å². The molecule has 1 aliphatic heterocycles. The minimum atomic E-state index is -0.450. The number of ether oxygens (including phenoxy) is 2. The Hall–Kier alpha value is -2.80. The summed E-state index contributed by atoms with van der Waals surface area (Å²) in [5.41, 5.74) is 1.20. The molecule has 0 fully saturated rings. The lowest BCUT2D eigenvalue weighted by molar-refractivity contribution is -0.120. The predicted octanol–water partition coefficient (Wildman–Crippen LogP) is 1.59. The molecular weight excluding hydrogens is 358 g/mol. The molecule has 0 spiro atoms. The number of fused-ring (bicyclic) bond motifs is 1. The Morgan fingerprint density at radius 3 is 2.69 bits per heavy atom. The summed E-state index contributed by atoms with van der Waals surface area (Å²) in [6.07, 6.45) is 2.08. The van der Waals surface area contributed by atoms with Crippen LogP contribution in [0.5, 0.6) is 11.5 Å². The number of hydrogen-bond donors (Lipinski definition) is 2. The highest BCUT2D eigenvalue weighted by molar-refractivity contribution is 6.30. The number of halogens is 1. The Kier molecular flexibility index (Phi) is 5.91. The van der Waals surface area contributed by atoms with Gasteiger partial charge in [-0.3, -0.25) is 14.6 Å². The molecular formula is C18H18ClN3O4. The van der Waals surface area contributed by atoms with Crippen LogP contribution in [0.15, 0.2) is 36.5 Å². The van der Waals surface area contributed by atoms with E-state index in [1.807, 2.05) is 18.2 Å². The number of benzene rings is 1. The fourth-order valence-corrected chi connectivity index (χ4v) is 2.59. The van der Waals surface area contributed by atoms with E-state index in [1.54, 1.807) is 6.07 Å². The number of carbonyl (C=O) groups excluding carboxylic acids is 2. The molecule has 2 heterocycles. The van der Waals surface area contributed by atoms with Gasteiger partial charge >= 0.3 is 0 Å². The average molecular weight is 376 g/mol. The molecule has 0 aliphatic carbocycles. The quantitative estimate of drug-likeness (QED) is 0.800. The van der Waals surface area contributed by atoms with E-state index >= 15 is 0 Å². The second-order valence-electron chi connectivity index (χ2n) is 5.62. The molecule has 2 amide bonds. The molecule has 3 rings (SSSR count). The number of nitrogens with zero attached hydrogens (tertiary/aromatic N) is 1. The van der Waals surface area contributed by atoms with Gasteiger partial charge in [-0.2, -0.15) is 0 Å². The summed E-state index contributed by atoms with van der Waals surface area (Å²) < 4.78 is 11.0. The molecule has 0 unspecified atom stereocenters. The second kappa shape index (κ2) is 8.53. The van der Waals surface area contributed by atoms with E-state index in [-0.39, 0.29) is 18.1 Å². The monoisotopic (exact) mass is 375 g/mol. The molecule has 1 aliphatic rings.